The monoisotopic (exact) mass is 292 g/mol. The first kappa shape index (κ1) is 18.0. The number of hydrogen-bond acceptors (Lipinski definition) is 2. The number of rotatable bonds is 14. The van der Waals surface area contributed by atoms with Crippen LogP contribution in [0.15, 0.2) is 22.8 Å². The van der Waals surface area contributed by atoms with Crippen LogP contribution in [0.1, 0.15) is 101 Å². The Morgan fingerprint density at radius 2 is 1.38 bits per heavy atom. The molecule has 0 saturated carbocycles. The summed E-state index contributed by atoms with van der Waals surface area (Å²) in [6.45, 7) is 2.27. The number of furan rings is 1. The summed E-state index contributed by atoms with van der Waals surface area (Å²) in [5.74, 6) is 0.658. The van der Waals surface area contributed by atoms with E-state index in [1.54, 1.807) is 18.4 Å². The first-order valence-corrected chi connectivity index (χ1v) is 8.91. The standard InChI is InChI=1S/C19H32O2/c1-2-3-4-5-6-7-8-9-10-11-12-13-15-18(20)19-16-14-17-21-19/h14,16-17H,2-13,15H2,1H3. The highest BCUT2D eigenvalue weighted by Gasteiger charge is 2.07. The van der Waals surface area contributed by atoms with Gasteiger partial charge >= 0.3 is 0 Å². The summed E-state index contributed by atoms with van der Waals surface area (Å²) in [5, 5.41) is 0. The summed E-state index contributed by atoms with van der Waals surface area (Å²) in [6.07, 6.45) is 18.1. The third-order valence-corrected chi connectivity index (χ3v) is 4.05. The molecule has 1 rings (SSSR count). The van der Waals surface area contributed by atoms with E-state index in [1.807, 2.05) is 0 Å². The van der Waals surface area contributed by atoms with E-state index in [-0.39, 0.29) is 5.78 Å². The Morgan fingerprint density at radius 1 is 0.857 bits per heavy atom. The van der Waals surface area contributed by atoms with Gasteiger partial charge in [-0.3, -0.25) is 4.79 Å². The van der Waals surface area contributed by atoms with Gasteiger partial charge in [-0.25, -0.2) is 0 Å². The van der Waals surface area contributed by atoms with Gasteiger partial charge in [0.25, 0.3) is 0 Å². The summed E-state index contributed by atoms with van der Waals surface area (Å²) in [5.41, 5.74) is 0. The van der Waals surface area contributed by atoms with E-state index in [9.17, 15) is 4.79 Å². The fraction of sp³-hybridized carbons (Fsp3) is 0.737. The lowest BCUT2D eigenvalue weighted by atomic mass is 10.0. The topological polar surface area (TPSA) is 30.2 Å². The summed E-state index contributed by atoms with van der Waals surface area (Å²) in [4.78, 5) is 11.7. The number of carbonyl (C=O) groups excluding carboxylic acids is 1. The fourth-order valence-electron chi connectivity index (χ4n) is 2.69. The molecule has 0 aromatic carbocycles. The van der Waals surface area contributed by atoms with Gasteiger partial charge in [-0.2, -0.15) is 0 Å². The minimum absolute atomic E-state index is 0.145. The molecule has 0 saturated heterocycles. The maximum absolute atomic E-state index is 11.7. The van der Waals surface area contributed by atoms with E-state index in [0.717, 1.165) is 6.42 Å². The molecule has 0 spiro atoms. The molecular weight excluding hydrogens is 260 g/mol. The highest BCUT2D eigenvalue weighted by atomic mass is 16.3. The molecule has 0 fully saturated rings. The quantitative estimate of drug-likeness (QED) is 0.287. The summed E-state index contributed by atoms with van der Waals surface area (Å²) in [7, 11) is 0. The van der Waals surface area contributed by atoms with Gasteiger partial charge in [0.15, 0.2) is 11.5 Å². The second-order valence-corrected chi connectivity index (χ2v) is 6.04. The third-order valence-electron chi connectivity index (χ3n) is 4.05. The minimum atomic E-state index is 0.145. The van der Waals surface area contributed by atoms with Crippen molar-refractivity contribution >= 4 is 5.78 Å². The van der Waals surface area contributed by atoms with Gasteiger partial charge in [0.2, 0.25) is 0 Å². The van der Waals surface area contributed by atoms with Crippen LogP contribution in [0.2, 0.25) is 0 Å². The lowest BCUT2D eigenvalue weighted by Gasteiger charge is -2.02. The average Bonchev–Trinajstić information content (AvgIpc) is 3.02. The lowest BCUT2D eigenvalue weighted by Crippen LogP contribution is -1.96. The molecule has 1 heterocycles. The molecular formula is C19H32O2. The van der Waals surface area contributed by atoms with Gasteiger partial charge < -0.3 is 4.42 Å². The number of Topliss-reactive ketones (excluding diaryl/α,β-unsaturated/α-hetero) is 1. The van der Waals surface area contributed by atoms with Crippen LogP contribution < -0.4 is 0 Å². The van der Waals surface area contributed by atoms with Crippen LogP contribution in [0.5, 0.6) is 0 Å². The SMILES string of the molecule is CCCCCCCCCCCCCCC(=O)c1ccco1. The normalized spacial score (nSPS) is 10.9. The van der Waals surface area contributed by atoms with Gasteiger partial charge in [-0.15, -0.1) is 0 Å². The van der Waals surface area contributed by atoms with Crippen molar-refractivity contribution in [3.63, 3.8) is 0 Å². The van der Waals surface area contributed by atoms with E-state index in [1.165, 1.54) is 70.6 Å². The second kappa shape index (κ2) is 12.7. The van der Waals surface area contributed by atoms with Gasteiger partial charge in [0.05, 0.1) is 6.26 Å². The first-order valence-electron chi connectivity index (χ1n) is 8.91. The Balaban J connectivity index is 1.80. The van der Waals surface area contributed by atoms with Crippen molar-refractivity contribution in [3.05, 3.63) is 24.2 Å². The third kappa shape index (κ3) is 9.49. The van der Waals surface area contributed by atoms with Crippen LogP contribution >= 0.6 is 0 Å². The zero-order valence-corrected chi connectivity index (χ0v) is 13.7. The molecule has 2 nitrogen and oxygen atoms in total. The molecule has 0 aliphatic carbocycles. The van der Waals surface area contributed by atoms with E-state index in [4.69, 9.17) is 4.42 Å². The Bertz CT molecular complexity index is 340. The van der Waals surface area contributed by atoms with Crippen LogP contribution in [-0.2, 0) is 0 Å². The molecule has 0 radical (unpaired) electrons. The Kier molecular flexibility index (Phi) is 10.9. The van der Waals surface area contributed by atoms with Gasteiger partial charge in [-0.1, -0.05) is 77.6 Å². The largest absolute Gasteiger partial charge is 0.461 e. The maximum Gasteiger partial charge on any atom is 0.197 e. The van der Waals surface area contributed by atoms with Gasteiger partial charge in [0.1, 0.15) is 0 Å². The molecule has 0 bridgehead atoms. The van der Waals surface area contributed by atoms with E-state index < -0.39 is 0 Å². The minimum Gasteiger partial charge on any atom is -0.461 e. The molecule has 0 unspecified atom stereocenters. The molecule has 1 aromatic heterocycles. The zero-order valence-electron chi connectivity index (χ0n) is 13.7. The van der Waals surface area contributed by atoms with Crippen LogP contribution in [0.25, 0.3) is 0 Å². The molecule has 1 aromatic rings. The Hall–Kier alpha value is -1.05. The van der Waals surface area contributed by atoms with Gasteiger partial charge in [0, 0.05) is 6.42 Å². The molecule has 0 aliphatic heterocycles. The van der Waals surface area contributed by atoms with Crippen LogP contribution in [0, 0.1) is 0 Å². The number of carbonyl (C=O) groups is 1. The molecule has 0 atom stereocenters. The van der Waals surface area contributed by atoms with Crippen molar-refractivity contribution in [3.8, 4) is 0 Å². The number of hydrogen-bond donors (Lipinski definition) is 0. The van der Waals surface area contributed by atoms with Crippen molar-refractivity contribution in [1.82, 2.24) is 0 Å². The van der Waals surface area contributed by atoms with Crippen molar-refractivity contribution in [1.29, 1.82) is 0 Å². The fourth-order valence-corrected chi connectivity index (χ4v) is 2.69. The van der Waals surface area contributed by atoms with E-state index in [0.29, 0.717) is 12.2 Å². The molecule has 2 heteroatoms. The molecule has 120 valence electrons. The van der Waals surface area contributed by atoms with Gasteiger partial charge in [-0.05, 0) is 18.6 Å². The molecule has 0 N–H and O–H groups in total. The highest BCUT2D eigenvalue weighted by molar-refractivity contribution is 5.93. The van der Waals surface area contributed by atoms with Crippen LogP contribution in [0.4, 0.5) is 0 Å². The average molecular weight is 292 g/mol. The number of unbranched alkanes of at least 4 members (excludes halogenated alkanes) is 11. The van der Waals surface area contributed by atoms with Crippen LogP contribution in [-0.4, -0.2) is 5.78 Å². The summed E-state index contributed by atoms with van der Waals surface area (Å²) >= 11 is 0. The van der Waals surface area contributed by atoms with Crippen molar-refractivity contribution in [2.45, 2.75) is 90.4 Å². The van der Waals surface area contributed by atoms with Crippen LogP contribution in [0.3, 0.4) is 0 Å². The smallest absolute Gasteiger partial charge is 0.197 e. The van der Waals surface area contributed by atoms with Crippen molar-refractivity contribution in [2.24, 2.45) is 0 Å². The predicted octanol–water partition coefficient (Wildman–Crippen LogP) is 6.55. The Morgan fingerprint density at radius 3 is 1.86 bits per heavy atom. The summed E-state index contributed by atoms with van der Waals surface area (Å²) in [6, 6.07) is 3.53. The lowest BCUT2D eigenvalue weighted by molar-refractivity contribution is 0.0952. The predicted molar refractivity (Wildman–Crippen MR) is 88.7 cm³/mol. The molecule has 0 amide bonds. The Labute approximate surface area is 130 Å². The first-order chi connectivity index (χ1) is 10.3. The van der Waals surface area contributed by atoms with E-state index >= 15 is 0 Å². The number of ketones is 1. The highest BCUT2D eigenvalue weighted by Crippen LogP contribution is 2.13. The molecule has 0 aliphatic rings. The van der Waals surface area contributed by atoms with Crippen molar-refractivity contribution < 1.29 is 9.21 Å². The molecule has 21 heavy (non-hydrogen) atoms. The zero-order chi connectivity index (χ0) is 15.2. The summed E-state index contributed by atoms with van der Waals surface area (Å²) < 4.78 is 5.10. The van der Waals surface area contributed by atoms with Crippen molar-refractivity contribution in [2.75, 3.05) is 0 Å². The maximum atomic E-state index is 11.7. The van der Waals surface area contributed by atoms with E-state index in [2.05, 4.69) is 6.92 Å². The second-order valence-electron chi connectivity index (χ2n) is 6.04.